The van der Waals surface area contributed by atoms with E-state index in [0.29, 0.717) is 13.0 Å². The van der Waals surface area contributed by atoms with E-state index in [-0.39, 0.29) is 0 Å². The van der Waals surface area contributed by atoms with Gasteiger partial charge >= 0.3 is 12.0 Å². The molecule has 1 heterocycles. The van der Waals surface area contributed by atoms with Crippen LogP contribution in [0, 0.1) is 6.92 Å². The summed E-state index contributed by atoms with van der Waals surface area (Å²) < 4.78 is 0. The number of carbonyl (C=O) groups excluding carboxylic acids is 1. The fraction of sp³-hybridized carbons (Fsp3) is 0.500. The molecule has 0 saturated heterocycles. The van der Waals surface area contributed by atoms with Gasteiger partial charge in [0.1, 0.15) is 6.04 Å². The van der Waals surface area contributed by atoms with Crippen LogP contribution in [0.5, 0.6) is 0 Å². The van der Waals surface area contributed by atoms with Gasteiger partial charge in [-0.05, 0) is 13.3 Å². The number of urea groups is 1. The first kappa shape index (κ1) is 13.4. The molecule has 0 radical (unpaired) electrons. The maximum atomic E-state index is 11.4. The standard InChI is InChI=1S/C10H15N3O3S/c1-3-7(9(14)15)13-10(16)11-4-8-6(2)12-5-17-8/h5,7H,3-4H2,1-2H3,(H,14,15)(H2,11,13,16)/t7-/m0/s1. The first-order chi connectivity index (χ1) is 8.04. The molecule has 1 aromatic rings. The Morgan fingerprint density at radius 2 is 2.29 bits per heavy atom. The molecule has 94 valence electrons. The molecule has 0 bridgehead atoms. The number of aryl methyl sites for hydroxylation is 1. The first-order valence-corrected chi connectivity index (χ1v) is 6.08. The number of rotatable bonds is 5. The highest BCUT2D eigenvalue weighted by Crippen LogP contribution is 2.10. The average molecular weight is 257 g/mol. The molecule has 0 unspecified atom stereocenters. The second-order valence-corrected chi connectivity index (χ2v) is 4.43. The van der Waals surface area contributed by atoms with Crippen molar-refractivity contribution in [1.29, 1.82) is 0 Å². The van der Waals surface area contributed by atoms with Crippen molar-refractivity contribution in [1.82, 2.24) is 15.6 Å². The SMILES string of the molecule is CC[C@H](NC(=O)NCc1scnc1C)C(=O)O. The molecule has 0 aromatic carbocycles. The highest BCUT2D eigenvalue weighted by Gasteiger charge is 2.17. The molecule has 1 aromatic heterocycles. The molecule has 0 saturated carbocycles. The molecule has 1 atom stereocenters. The predicted molar refractivity (Wildman–Crippen MR) is 63.9 cm³/mol. The van der Waals surface area contributed by atoms with Crippen LogP contribution < -0.4 is 10.6 Å². The molecule has 7 heteroatoms. The molecule has 3 N–H and O–H groups in total. The highest BCUT2D eigenvalue weighted by atomic mass is 32.1. The number of amides is 2. The van der Waals surface area contributed by atoms with Gasteiger partial charge in [-0.1, -0.05) is 6.92 Å². The van der Waals surface area contributed by atoms with Crippen LogP contribution in [0.2, 0.25) is 0 Å². The number of nitrogens with one attached hydrogen (secondary N) is 2. The molecule has 2 amide bonds. The number of nitrogens with zero attached hydrogens (tertiary/aromatic N) is 1. The first-order valence-electron chi connectivity index (χ1n) is 5.20. The highest BCUT2D eigenvalue weighted by molar-refractivity contribution is 7.09. The van der Waals surface area contributed by atoms with Crippen molar-refractivity contribution in [3.05, 3.63) is 16.1 Å². The summed E-state index contributed by atoms with van der Waals surface area (Å²) in [6.07, 6.45) is 0.350. The minimum atomic E-state index is -1.03. The number of hydrogen-bond acceptors (Lipinski definition) is 4. The van der Waals surface area contributed by atoms with Gasteiger partial charge in [-0.15, -0.1) is 11.3 Å². The number of carboxylic acid groups (broad SMARTS) is 1. The second-order valence-electron chi connectivity index (χ2n) is 3.49. The van der Waals surface area contributed by atoms with E-state index in [1.54, 1.807) is 12.4 Å². The van der Waals surface area contributed by atoms with E-state index in [9.17, 15) is 9.59 Å². The van der Waals surface area contributed by atoms with Crippen molar-refractivity contribution >= 4 is 23.3 Å². The van der Waals surface area contributed by atoms with Gasteiger partial charge in [0.15, 0.2) is 0 Å². The number of carboxylic acids is 1. The van der Waals surface area contributed by atoms with E-state index in [1.807, 2.05) is 6.92 Å². The molecular weight excluding hydrogens is 242 g/mol. The summed E-state index contributed by atoms with van der Waals surface area (Å²) in [4.78, 5) is 27.1. The predicted octanol–water partition coefficient (Wildman–Crippen LogP) is 1.11. The third-order valence-corrected chi connectivity index (χ3v) is 3.20. The number of aromatic nitrogens is 1. The summed E-state index contributed by atoms with van der Waals surface area (Å²) in [5.41, 5.74) is 2.58. The van der Waals surface area contributed by atoms with Gasteiger partial charge in [-0.3, -0.25) is 0 Å². The van der Waals surface area contributed by atoms with Crippen molar-refractivity contribution in [3.63, 3.8) is 0 Å². The molecular formula is C10H15N3O3S. The zero-order valence-corrected chi connectivity index (χ0v) is 10.5. The minimum Gasteiger partial charge on any atom is -0.480 e. The third kappa shape index (κ3) is 4.03. The Bertz CT molecular complexity index is 405. The van der Waals surface area contributed by atoms with Crippen molar-refractivity contribution < 1.29 is 14.7 Å². The van der Waals surface area contributed by atoms with Crippen LogP contribution in [0.4, 0.5) is 4.79 Å². The van der Waals surface area contributed by atoms with Gasteiger partial charge in [0.05, 0.1) is 17.7 Å². The van der Waals surface area contributed by atoms with Crippen LogP contribution in [-0.4, -0.2) is 28.1 Å². The normalized spacial score (nSPS) is 11.9. The molecule has 1 rings (SSSR count). The second kappa shape index (κ2) is 6.19. The number of hydrogen-bond donors (Lipinski definition) is 3. The van der Waals surface area contributed by atoms with Crippen LogP contribution in [0.25, 0.3) is 0 Å². The Balaban J connectivity index is 2.40. The Morgan fingerprint density at radius 3 is 2.76 bits per heavy atom. The molecule has 0 aliphatic rings. The number of aliphatic carboxylic acids is 1. The fourth-order valence-electron chi connectivity index (χ4n) is 1.20. The van der Waals surface area contributed by atoms with Gasteiger partial charge < -0.3 is 15.7 Å². The summed E-state index contributed by atoms with van der Waals surface area (Å²) in [6, 6.07) is -1.33. The van der Waals surface area contributed by atoms with Crippen molar-refractivity contribution in [2.24, 2.45) is 0 Å². The summed E-state index contributed by atoms with van der Waals surface area (Å²) >= 11 is 1.45. The van der Waals surface area contributed by atoms with Crippen molar-refractivity contribution in [3.8, 4) is 0 Å². The molecule has 0 aliphatic heterocycles. The van der Waals surface area contributed by atoms with E-state index in [2.05, 4.69) is 15.6 Å². The van der Waals surface area contributed by atoms with Crippen LogP contribution in [0.15, 0.2) is 5.51 Å². The van der Waals surface area contributed by atoms with Gasteiger partial charge in [0.2, 0.25) is 0 Å². The quantitative estimate of drug-likeness (QED) is 0.737. The van der Waals surface area contributed by atoms with E-state index < -0.39 is 18.0 Å². The lowest BCUT2D eigenvalue weighted by Gasteiger charge is -2.12. The Kier molecular flexibility index (Phi) is 4.89. The smallest absolute Gasteiger partial charge is 0.326 e. The van der Waals surface area contributed by atoms with E-state index in [4.69, 9.17) is 5.11 Å². The van der Waals surface area contributed by atoms with Crippen molar-refractivity contribution in [2.45, 2.75) is 32.9 Å². The largest absolute Gasteiger partial charge is 0.480 e. The zero-order valence-electron chi connectivity index (χ0n) is 9.69. The molecule has 0 spiro atoms. The van der Waals surface area contributed by atoms with Crippen LogP contribution in [0.3, 0.4) is 0 Å². The van der Waals surface area contributed by atoms with E-state index >= 15 is 0 Å². The van der Waals surface area contributed by atoms with Crippen LogP contribution in [-0.2, 0) is 11.3 Å². The topological polar surface area (TPSA) is 91.3 Å². The summed E-state index contributed by atoms with van der Waals surface area (Å²) in [5, 5.41) is 13.8. The van der Waals surface area contributed by atoms with E-state index in [1.165, 1.54) is 11.3 Å². The maximum absolute atomic E-state index is 11.4. The number of thiazole rings is 1. The third-order valence-electron chi connectivity index (χ3n) is 2.27. The summed E-state index contributed by atoms with van der Waals surface area (Å²) in [5.74, 6) is -1.03. The van der Waals surface area contributed by atoms with E-state index in [0.717, 1.165) is 10.6 Å². The minimum absolute atomic E-state index is 0.350. The van der Waals surface area contributed by atoms with Crippen LogP contribution >= 0.6 is 11.3 Å². The Labute approximate surface area is 103 Å². The molecule has 0 fully saturated rings. The molecule has 6 nitrogen and oxygen atoms in total. The zero-order chi connectivity index (χ0) is 12.8. The fourth-order valence-corrected chi connectivity index (χ4v) is 1.92. The number of carbonyl (C=O) groups is 2. The lowest BCUT2D eigenvalue weighted by Crippen LogP contribution is -2.45. The average Bonchev–Trinajstić information content (AvgIpc) is 2.68. The summed E-state index contributed by atoms with van der Waals surface area (Å²) in [6.45, 7) is 3.92. The lowest BCUT2D eigenvalue weighted by atomic mass is 10.2. The monoisotopic (exact) mass is 257 g/mol. The Hall–Kier alpha value is -1.63. The van der Waals surface area contributed by atoms with Crippen molar-refractivity contribution in [2.75, 3.05) is 0 Å². The summed E-state index contributed by atoms with van der Waals surface area (Å²) in [7, 11) is 0. The lowest BCUT2D eigenvalue weighted by molar-refractivity contribution is -0.139. The molecule has 17 heavy (non-hydrogen) atoms. The van der Waals surface area contributed by atoms with Gasteiger partial charge in [0.25, 0.3) is 0 Å². The van der Waals surface area contributed by atoms with Gasteiger partial charge in [0, 0.05) is 4.88 Å². The molecule has 0 aliphatic carbocycles. The van der Waals surface area contributed by atoms with Gasteiger partial charge in [-0.2, -0.15) is 0 Å². The Morgan fingerprint density at radius 1 is 1.59 bits per heavy atom. The van der Waals surface area contributed by atoms with Gasteiger partial charge in [-0.25, -0.2) is 14.6 Å². The van der Waals surface area contributed by atoms with Crippen LogP contribution in [0.1, 0.15) is 23.9 Å². The maximum Gasteiger partial charge on any atom is 0.326 e.